The van der Waals surface area contributed by atoms with Gasteiger partial charge in [-0.15, -0.1) is 0 Å². The van der Waals surface area contributed by atoms with Gasteiger partial charge in [-0.05, 0) is 42.0 Å². The lowest BCUT2D eigenvalue weighted by Crippen LogP contribution is -2.50. The van der Waals surface area contributed by atoms with Crippen molar-refractivity contribution in [3.05, 3.63) is 84.3 Å². The molecule has 0 radical (unpaired) electrons. The second kappa shape index (κ2) is 11.6. The second-order valence-corrected chi connectivity index (χ2v) is 8.83. The number of nitrogens with one attached hydrogen (secondary N) is 2. The van der Waals surface area contributed by atoms with Gasteiger partial charge in [-0.25, -0.2) is 0 Å². The van der Waals surface area contributed by atoms with Gasteiger partial charge in [0.25, 0.3) is 0 Å². The van der Waals surface area contributed by atoms with Crippen LogP contribution in [0.4, 0.5) is 11.4 Å². The largest absolute Gasteiger partial charge is 0.467 e. The molecule has 1 fully saturated rings. The molecule has 1 saturated heterocycles. The quantitative estimate of drug-likeness (QED) is 0.488. The number of rotatable bonds is 8. The second-order valence-electron chi connectivity index (χ2n) is 8.83. The van der Waals surface area contributed by atoms with E-state index in [1.54, 1.807) is 12.1 Å². The van der Waals surface area contributed by atoms with Crippen LogP contribution in [0.1, 0.15) is 17.4 Å². The topological polar surface area (TPSA) is 81.1 Å². The first-order valence-electron chi connectivity index (χ1n) is 11.9. The van der Waals surface area contributed by atoms with Gasteiger partial charge < -0.3 is 24.9 Å². The molecule has 1 atom stereocenters. The van der Waals surface area contributed by atoms with Gasteiger partial charge in [-0.1, -0.05) is 30.3 Å². The van der Waals surface area contributed by atoms with Gasteiger partial charge in [-0.2, -0.15) is 0 Å². The smallest absolute Gasteiger partial charge is 0.309 e. The standard InChI is InChI=1S/C27H33N5O3/c1-30(2)22-12-10-21(11-13-22)25(20-29-27(34)26(33)28-19-24-9-6-18-35-24)32-16-14-31(15-17-32)23-7-4-3-5-8-23/h3-13,18,25H,14-17,19-20H2,1-2H3,(H,28,33)(H,29,34). The molecule has 0 aliphatic carbocycles. The first-order chi connectivity index (χ1) is 17.0. The van der Waals surface area contributed by atoms with Crippen molar-refractivity contribution in [1.29, 1.82) is 0 Å². The number of hydrogen-bond acceptors (Lipinski definition) is 6. The summed E-state index contributed by atoms with van der Waals surface area (Å²) in [4.78, 5) is 31.6. The molecule has 2 heterocycles. The molecule has 184 valence electrons. The minimum Gasteiger partial charge on any atom is -0.467 e. The van der Waals surface area contributed by atoms with E-state index in [-0.39, 0.29) is 12.6 Å². The summed E-state index contributed by atoms with van der Waals surface area (Å²) in [5.41, 5.74) is 3.45. The van der Waals surface area contributed by atoms with E-state index in [1.165, 1.54) is 12.0 Å². The van der Waals surface area contributed by atoms with Gasteiger partial charge in [0, 0.05) is 58.2 Å². The number of carbonyl (C=O) groups is 2. The zero-order chi connectivity index (χ0) is 24.6. The monoisotopic (exact) mass is 475 g/mol. The summed E-state index contributed by atoms with van der Waals surface area (Å²) in [6.45, 7) is 4.03. The Morgan fingerprint density at radius 2 is 1.57 bits per heavy atom. The molecule has 8 heteroatoms. The summed E-state index contributed by atoms with van der Waals surface area (Å²) in [5, 5.41) is 5.44. The van der Waals surface area contributed by atoms with Crippen LogP contribution in [0.25, 0.3) is 0 Å². The highest BCUT2D eigenvalue weighted by atomic mass is 16.3. The Labute approximate surface area is 206 Å². The zero-order valence-corrected chi connectivity index (χ0v) is 20.3. The Kier molecular flexibility index (Phi) is 8.05. The third-order valence-corrected chi connectivity index (χ3v) is 6.34. The lowest BCUT2D eigenvalue weighted by molar-refractivity contribution is -0.139. The van der Waals surface area contributed by atoms with E-state index in [4.69, 9.17) is 4.42 Å². The molecule has 8 nitrogen and oxygen atoms in total. The number of amides is 2. The maximum atomic E-state index is 12.5. The molecule has 1 aromatic heterocycles. The molecule has 0 bridgehead atoms. The zero-order valence-electron chi connectivity index (χ0n) is 20.3. The lowest BCUT2D eigenvalue weighted by atomic mass is 10.0. The van der Waals surface area contributed by atoms with Crippen LogP contribution in [0, 0.1) is 0 Å². The summed E-state index contributed by atoms with van der Waals surface area (Å²) in [6, 6.07) is 22.2. The molecule has 1 unspecified atom stereocenters. The van der Waals surface area contributed by atoms with E-state index in [2.05, 4.69) is 73.9 Å². The molecule has 3 aromatic rings. The summed E-state index contributed by atoms with van der Waals surface area (Å²) in [7, 11) is 4.02. The van der Waals surface area contributed by atoms with Crippen molar-refractivity contribution < 1.29 is 14.0 Å². The Hall–Kier alpha value is -3.78. The first kappa shape index (κ1) is 24.3. The number of furan rings is 1. The van der Waals surface area contributed by atoms with Gasteiger partial charge >= 0.3 is 11.8 Å². The highest BCUT2D eigenvalue weighted by Crippen LogP contribution is 2.25. The van der Waals surface area contributed by atoms with Crippen molar-refractivity contribution in [3.63, 3.8) is 0 Å². The van der Waals surface area contributed by atoms with Crippen molar-refractivity contribution in [2.24, 2.45) is 0 Å². The molecule has 4 rings (SSSR count). The molecule has 2 N–H and O–H groups in total. The SMILES string of the molecule is CN(C)c1ccc(C(CNC(=O)C(=O)NCc2ccco2)N2CCN(c3ccccc3)CC2)cc1. The molecule has 0 spiro atoms. The van der Waals surface area contributed by atoms with Crippen LogP contribution in [0.5, 0.6) is 0 Å². The van der Waals surface area contributed by atoms with E-state index >= 15 is 0 Å². The third kappa shape index (κ3) is 6.42. The van der Waals surface area contributed by atoms with Crippen molar-refractivity contribution in [2.45, 2.75) is 12.6 Å². The van der Waals surface area contributed by atoms with Gasteiger partial charge in [0.1, 0.15) is 5.76 Å². The number of piperazine rings is 1. The van der Waals surface area contributed by atoms with Crippen molar-refractivity contribution in [1.82, 2.24) is 15.5 Å². The maximum absolute atomic E-state index is 12.5. The molecule has 0 saturated carbocycles. The number of anilines is 2. The number of para-hydroxylation sites is 1. The van der Waals surface area contributed by atoms with Crippen molar-refractivity contribution >= 4 is 23.2 Å². The molecule has 1 aliphatic heterocycles. The highest BCUT2D eigenvalue weighted by molar-refractivity contribution is 6.35. The minimum atomic E-state index is -0.669. The number of nitrogens with zero attached hydrogens (tertiary/aromatic N) is 3. The number of carbonyl (C=O) groups excluding carboxylic acids is 2. The summed E-state index contributed by atoms with van der Waals surface area (Å²) < 4.78 is 5.21. The fourth-order valence-corrected chi connectivity index (χ4v) is 4.31. The molecule has 1 aliphatic rings. The predicted molar refractivity (Wildman–Crippen MR) is 137 cm³/mol. The predicted octanol–water partition coefficient (Wildman–Crippen LogP) is 2.64. The first-order valence-corrected chi connectivity index (χ1v) is 11.9. The third-order valence-electron chi connectivity index (χ3n) is 6.34. The van der Waals surface area contributed by atoms with Crippen LogP contribution in [0.2, 0.25) is 0 Å². The Morgan fingerprint density at radius 1 is 0.886 bits per heavy atom. The van der Waals surface area contributed by atoms with Gasteiger partial charge in [0.15, 0.2) is 0 Å². The Balaban J connectivity index is 1.40. The van der Waals surface area contributed by atoms with E-state index in [0.717, 1.165) is 37.4 Å². The molecular formula is C27H33N5O3. The molecule has 2 amide bonds. The van der Waals surface area contributed by atoms with E-state index in [0.29, 0.717) is 12.3 Å². The van der Waals surface area contributed by atoms with Gasteiger partial charge in [-0.3, -0.25) is 14.5 Å². The van der Waals surface area contributed by atoms with E-state index < -0.39 is 11.8 Å². The summed E-state index contributed by atoms with van der Waals surface area (Å²) in [5.74, 6) is -0.715. The Bertz CT molecular complexity index is 1080. The van der Waals surface area contributed by atoms with Crippen molar-refractivity contribution in [2.75, 3.05) is 56.6 Å². The van der Waals surface area contributed by atoms with Crippen LogP contribution in [-0.4, -0.2) is 63.5 Å². The fourth-order valence-electron chi connectivity index (χ4n) is 4.31. The number of hydrogen-bond donors (Lipinski definition) is 2. The van der Waals surface area contributed by atoms with Crippen LogP contribution in [-0.2, 0) is 16.1 Å². The lowest BCUT2D eigenvalue weighted by Gasteiger charge is -2.40. The van der Waals surface area contributed by atoms with Crippen LogP contribution < -0.4 is 20.4 Å². The molecular weight excluding hydrogens is 442 g/mol. The summed E-state index contributed by atoms with van der Waals surface area (Å²) in [6.07, 6.45) is 1.53. The van der Waals surface area contributed by atoms with Gasteiger partial charge in [0.05, 0.1) is 18.8 Å². The van der Waals surface area contributed by atoms with E-state index in [9.17, 15) is 9.59 Å². The van der Waals surface area contributed by atoms with E-state index in [1.807, 2.05) is 20.2 Å². The minimum absolute atomic E-state index is 0.0361. The average molecular weight is 476 g/mol. The summed E-state index contributed by atoms with van der Waals surface area (Å²) >= 11 is 0. The normalized spacial score (nSPS) is 14.9. The molecule has 2 aromatic carbocycles. The maximum Gasteiger partial charge on any atom is 0.309 e. The van der Waals surface area contributed by atoms with Crippen LogP contribution >= 0.6 is 0 Å². The molecule has 35 heavy (non-hydrogen) atoms. The van der Waals surface area contributed by atoms with Gasteiger partial charge in [0.2, 0.25) is 0 Å². The Morgan fingerprint density at radius 3 is 2.20 bits per heavy atom. The fraction of sp³-hybridized carbons (Fsp3) is 0.333. The van der Waals surface area contributed by atoms with Crippen LogP contribution in [0.3, 0.4) is 0 Å². The number of benzene rings is 2. The highest BCUT2D eigenvalue weighted by Gasteiger charge is 2.26. The van der Waals surface area contributed by atoms with Crippen molar-refractivity contribution in [3.8, 4) is 0 Å². The van der Waals surface area contributed by atoms with Crippen LogP contribution in [0.15, 0.2) is 77.4 Å². The average Bonchev–Trinajstić information content (AvgIpc) is 3.42.